The van der Waals surface area contributed by atoms with Gasteiger partial charge in [-0.1, -0.05) is 11.8 Å². The van der Waals surface area contributed by atoms with Gasteiger partial charge < -0.3 is 5.43 Å². The highest BCUT2D eigenvalue weighted by Crippen LogP contribution is 2.01. The molecule has 0 saturated carbocycles. The second-order valence-corrected chi connectivity index (χ2v) is 2.35. The fourth-order valence-corrected chi connectivity index (χ4v) is 0.774. The summed E-state index contributed by atoms with van der Waals surface area (Å²) in [7, 11) is 0. The molecular weight excluding hydrogens is 170 g/mol. The number of nitrogen functional groups attached to an aromatic ring is 1. The van der Waals surface area contributed by atoms with Gasteiger partial charge in [0.25, 0.3) is 0 Å². The van der Waals surface area contributed by atoms with Gasteiger partial charge in [-0.15, -0.1) is 0 Å². The van der Waals surface area contributed by atoms with Crippen LogP contribution in [0.2, 0.25) is 0 Å². The number of hydrogen-bond donors (Lipinski definition) is 3. The van der Waals surface area contributed by atoms with Crippen LogP contribution in [0, 0.1) is 11.8 Å². The van der Waals surface area contributed by atoms with Crippen molar-refractivity contribution in [2.45, 2.75) is 0 Å². The van der Waals surface area contributed by atoms with Crippen molar-refractivity contribution in [2.24, 2.45) is 5.84 Å². The lowest BCUT2D eigenvalue weighted by Crippen LogP contribution is -2.07. The number of pyridine rings is 1. The molecule has 3 nitrogen and oxygen atoms in total. The Labute approximate surface area is 76.8 Å². The number of anilines is 1. The third kappa shape index (κ3) is 2.46. The molecule has 0 fully saturated rings. The molecule has 0 amide bonds. The van der Waals surface area contributed by atoms with Crippen LogP contribution in [0.1, 0.15) is 5.56 Å². The molecule has 0 radical (unpaired) electrons. The summed E-state index contributed by atoms with van der Waals surface area (Å²) in [6, 6.07) is 3.61. The molecule has 1 aromatic heterocycles. The third-order valence-electron chi connectivity index (χ3n) is 1.22. The predicted molar refractivity (Wildman–Crippen MR) is 52.8 cm³/mol. The molecule has 0 aromatic carbocycles. The quantitative estimate of drug-likeness (QED) is 0.257. The fraction of sp³-hybridized carbons (Fsp3) is 0.125. The molecule has 1 aromatic rings. The van der Waals surface area contributed by atoms with Crippen molar-refractivity contribution in [2.75, 3.05) is 11.2 Å². The van der Waals surface area contributed by atoms with Crippen LogP contribution in [0.25, 0.3) is 0 Å². The van der Waals surface area contributed by atoms with Gasteiger partial charge in [0.2, 0.25) is 0 Å². The Morgan fingerprint density at radius 1 is 1.58 bits per heavy atom. The Morgan fingerprint density at radius 2 is 2.42 bits per heavy atom. The van der Waals surface area contributed by atoms with Gasteiger partial charge in [-0.3, -0.25) is 0 Å². The van der Waals surface area contributed by atoms with E-state index in [0.717, 1.165) is 5.56 Å². The number of nitrogens with zero attached hydrogens (tertiary/aromatic N) is 1. The lowest BCUT2D eigenvalue weighted by Gasteiger charge is -1.96. The first-order chi connectivity index (χ1) is 5.86. The molecule has 1 heterocycles. The Hall–Kier alpha value is -1.18. The molecule has 0 atom stereocenters. The number of nitrogens with two attached hydrogens (primary N) is 1. The van der Waals surface area contributed by atoms with Crippen LogP contribution in [0.4, 0.5) is 5.82 Å². The van der Waals surface area contributed by atoms with Crippen molar-refractivity contribution in [1.82, 2.24) is 4.98 Å². The first-order valence-electron chi connectivity index (χ1n) is 3.39. The molecule has 1 rings (SSSR count). The monoisotopic (exact) mass is 179 g/mol. The van der Waals surface area contributed by atoms with E-state index in [9.17, 15) is 0 Å². The molecule has 0 aliphatic heterocycles. The fourth-order valence-electron chi connectivity index (χ4n) is 0.695. The van der Waals surface area contributed by atoms with E-state index >= 15 is 0 Å². The zero-order valence-corrected chi connectivity index (χ0v) is 7.31. The number of rotatable bonds is 1. The first kappa shape index (κ1) is 8.91. The standard InChI is InChI=1S/C8H9N3S/c9-11-8-4-3-7(6-10-8)2-1-5-12/h3-4,6,12H,5,9H2,(H,10,11). The van der Waals surface area contributed by atoms with Crippen LogP contribution in [-0.2, 0) is 0 Å². The number of thiol groups is 1. The van der Waals surface area contributed by atoms with Gasteiger partial charge in [0.15, 0.2) is 0 Å². The second-order valence-electron chi connectivity index (χ2n) is 2.04. The minimum absolute atomic E-state index is 0.552. The molecule has 0 unspecified atom stereocenters. The Balaban J connectivity index is 2.78. The van der Waals surface area contributed by atoms with Gasteiger partial charge >= 0.3 is 0 Å². The van der Waals surface area contributed by atoms with E-state index in [4.69, 9.17) is 5.84 Å². The Bertz CT molecular complexity index is 296. The molecule has 0 saturated heterocycles. The maximum Gasteiger partial charge on any atom is 0.139 e. The van der Waals surface area contributed by atoms with E-state index in [1.807, 2.05) is 6.07 Å². The van der Waals surface area contributed by atoms with E-state index in [2.05, 4.69) is 34.9 Å². The summed E-state index contributed by atoms with van der Waals surface area (Å²) in [5.41, 5.74) is 3.30. The molecular formula is C8H9N3S. The van der Waals surface area contributed by atoms with Gasteiger partial charge in [-0.2, -0.15) is 12.6 Å². The summed E-state index contributed by atoms with van der Waals surface area (Å²) >= 11 is 3.96. The predicted octanol–water partition coefficient (Wildman–Crippen LogP) is 0.649. The number of nitrogens with one attached hydrogen (secondary N) is 1. The summed E-state index contributed by atoms with van der Waals surface area (Å²) in [5, 5.41) is 0. The minimum Gasteiger partial charge on any atom is -0.308 e. The number of aromatic nitrogens is 1. The van der Waals surface area contributed by atoms with Crippen molar-refractivity contribution in [3.8, 4) is 11.8 Å². The summed E-state index contributed by atoms with van der Waals surface area (Å²) in [4.78, 5) is 3.99. The molecule has 0 spiro atoms. The van der Waals surface area contributed by atoms with E-state index in [-0.39, 0.29) is 0 Å². The SMILES string of the molecule is NNc1ccc(C#CCS)cn1. The van der Waals surface area contributed by atoms with Crippen molar-refractivity contribution in [3.05, 3.63) is 23.9 Å². The van der Waals surface area contributed by atoms with Crippen molar-refractivity contribution in [3.63, 3.8) is 0 Å². The topological polar surface area (TPSA) is 50.9 Å². The average Bonchev–Trinajstić information content (AvgIpc) is 2.15. The lowest BCUT2D eigenvalue weighted by atomic mass is 10.3. The molecule has 12 heavy (non-hydrogen) atoms. The van der Waals surface area contributed by atoms with Crippen LogP contribution >= 0.6 is 12.6 Å². The zero-order valence-electron chi connectivity index (χ0n) is 6.41. The molecule has 0 bridgehead atoms. The Kier molecular flexibility index (Phi) is 3.45. The maximum absolute atomic E-state index is 5.14. The smallest absolute Gasteiger partial charge is 0.139 e. The van der Waals surface area contributed by atoms with E-state index in [1.165, 1.54) is 0 Å². The molecule has 0 aliphatic carbocycles. The summed E-state index contributed by atoms with van der Waals surface area (Å²) < 4.78 is 0. The van der Waals surface area contributed by atoms with Crippen LogP contribution in [0.15, 0.2) is 18.3 Å². The summed E-state index contributed by atoms with van der Waals surface area (Å²) in [5.74, 6) is 12.0. The van der Waals surface area contributed by atoms with Gasteiger partial charge in [0.05, 0.1) is 5.75 Å². The van der Waals surface area contributed by atoms with Crippen molar-refractivity contribution >= 4 is 18.4 Å². The largest absolute Gasteiger partial charge is 0.308 e. The highest BCUT2D eigenvalue weighted by atomic mass is 32.1. The molecule has 4 heteroatoms. The van der Waals surface area contributed by atoms with E-state index < -0.39 is 0 Å². The van der Waals surface area contributed by atoms with Gasteiger partial charge in [0, 0.05) is 11.8 Å². The van der Waals surface area contributed by atoms with Gasteiger partial charge in [0.1, 0.15) is 5.82 Å². The van der Waals surface area contributed by atoms with Crippen LogP contribution in [0.3, 0.4) is 0 Å². The average molecular weight is 179 g/mol. The second kappa shape index (κ2) is 4.65. The number of hydrogen-bond acceptors (Lipinski definition) is 4. The third-order valence-corrected chi connectivity index (χ3v) is 1.38. The zero-order chi connectivity index (χ0) is 8.81. The van der Waals surface area contributed by atoms with Gasteiger partial charge in [-0.05, 0) is 12.1 Å². The van der Waals surface area contributed by atoms with E-state index in [1.54, 1.807) is 12.3 Å². The highest BCUT2D eigenvalue weighted by molar-refractivity contribution is 7.80. The number of hydrazine groups is 1. The lowest BCUT2D eigenvalue weighted by molar-refractivity contribution is 1.22. The highest BCUT2D eigenvalue weighted by Gasteiger charge is 1.88. The van der Waals surface area contributed by atoms with Crippen LogP contribution in [0.5, 0.6) is 0 Å². The van der Waals surface area contributed by atoms with Crippen molar-refractivity contribution < 1.29 is 0 Å². The molecule has 0 aliphatic rings. The summed E-state index contributed by atoms with van der Waals surface area (Å²) in [6.45, 7) is 0. The minimum atomic E-state index is 0.552. The van der Waals surface area contributed by atoms with Crippen LogP contribution in [-0.4, -0.2) is 10.7 Å². The molecule has 62 valence electrons. The van der Waals surface area contributed by atoms with Crippen molar-refractivity contribution in [1.29, 1.82) is 0 Å². The maximum atomic E-state index is 5.14. The Morgan fingerprint density at radius 3 is 2.92 bits per heavy atom. The van der Waals surface area contributed by atoms with Gasteiger partial charge in [-0.25, -0.2) is 10.8 Å². The normalized spacial score (nSPS) is 8.50. The molecule has 3 N–H and O–H groups in total. The first-order valence-corrected chi connectivity index (χ1v) is 4.02. The van der Waals surface area contributed by atoms with E-state index in [0.29, 0.717) is 11.6 Å². The summed E-state index contributed by atoms with van der Waals surface area (Å²) in [6.07, 6.45) is 1.66. The van der Waals surface area contributed by atoms with Crippen LogP contribution < -0.4 is 11.3 Å².